The predicted octanol–water partition coefficient (Wildman–Crippen LogP) is -1.58. The lowest BCUT2D eigenvalue weighted by Crippen LogP contribution is -2.54. The van der Waals surface area contributed by atoms with Gasteiger partial charge in [0.1, 0.15) is 0 Å². The number of thiocarbonyl (C=S) groups is 2. The number of aliphatic carboxylic acids is 1. The highest BCUT2D eigenvalue weighted by atomic mass is 32.1. The molecule has 19 heavy (non-hydrogen) atoms. The zero-order chi connectivity index (χ0) is 14.7. The van der Waals surface area contributed by atoms with Gasteiger partial charge in [-0.25, -0.2) is 10.9 Å². The standard InChI is InChI=1S/C9H20N6O2S2/c1-10-8(18)14-12-5-6(3-4-7(16)17)13-15-9(19)11-2/h6,12-13H,3-5H2,1-2H3,(H,16,17)(H2,10,14,18)(H2,11,15,19). The van der Waals surface area contributed by atoms with Gasteiger partial charge in [0.15, 0.2) is 10.2 Å². The SMILES string of the molecule is CNC(=S)NNCC(CCC(=O)O)NNC(=S)NC. The molecule has 0 aliphatic rings. The lowest BCUT2D eigenvalue weighted by molar-refractivity contribution is -0.137. The predicted molar refractivity (Wildman–Crippen MR) is 81.4 cm³/mol. The van der Waals surface area contributed by atoms with Crippen LogP contribution in [0, 0.1) is 0 Å². The third-order valence-electron chi connectivity index (χ3n) is 2.10. The zero-order valence-corrected chi connectivity index (χ0v) is 12.5. The molecule has 0 aromatic rings. The van der Waals surface area contributed by atoms with Gasteiger partial charge in [-0.05, 0) is 30.9 Å². The van der Waals surface area contributed by atoms with E-state index in [-0.39, 0.29) is 12.5 Å². The highest BCUT2D eigenvalue weighted by Gasteiger charge is 2.10. The van der Waals surface area contributed by atoms with Crippen molar-refractivity contribution in [1.82, 2.24) is 32.3 Å². The van der Waals surface area contributed by atoms with Gasteiger partial charge in [-0.15, -0.1) is 0 Å². The molecule has 0 rings (SSSR count). The Kier molecular flexibility index (Phi) is 9.98. The molecule has 0 saturated heterocycles. The fraction of sp³-hybridized carbons (Fsp3) is 0.667. The molecular formula is C9H20N6O2S2. The van der Waals surface area contributed by atoms with Crippen LogP contribution in [0.1, 0.15) is 12.8 Å². The first-order valence-electron chi connectivity index (χ1n) is 5.65. The van der Waals surface area contributed by atoms with Gasteiger partial charge in [-0.3, -0.25) is 15.6 Å². The molecule has 0 spiro atoms. The van der Waals surface area contributed by atoms with Crippen LogP contribution in [0.25, 0.3) is 0 Å². The average Bonchev–Trinajstić information content (AvgIpc) is 2.40. The van der Waals surface area contributed by atoms with E-state index in [1.807, 2.05) is 0 Å². The van der Waals surface area contributed by atoms with E-state index >= 15 is 0 Å². The molecule has 110 valence electrons. The van der Waals surface area contributed by atoms with Crippen molar-refractivity contribution < 1.29 is 9.90 Å². The number of hydrogen-bond acceptors (Lipinski definition) is 5. The Bertz CT molecular complexity index is 315. The summed E-state index contributed by atoms with van der Waals surface area (Å²) in [4.78, 5) is 10.6. The van der Waals surface area contributed by atoms with Gasteiger partial charge in [0, 0.05) is 33.1 Å². The summed E-state index contributed by atoms with van der Waals surface area (Å²) < 4.78 is 0. The number of hydrazine groups is 2. The molecule has 0 fully saturated rings. The smallest absolute Gasteiger partial charge is 0.303 e. The second-order valence-corrected chi connectivity index (χ2v) is 4.38. The summed E-state index contributed by atoms with van der Waals surface area (Å²) >= 11 is 9.81. The molecule has 1 atom stereocenters. The molecule has 0 aliphatic carbocycles. The van der Waals surface area contributed by atoms with Crippen molar-refractivity contribution in [3.05, 3.63) is 0 Å². The monoisotopic (exact) mass is 308 g/mol. The summed E-state index contributed by atoms with van der Waals surface area (Å²) in [5.41, 5.74) is 11.4. The van der Waals surface area contributed by atoms with Crippen molar-refractivity contribution >= 4 is 40.6 Å². The van der Waals surface area contributed by atoms with Crippen LogP contribution in [0.2, 0.25) is 0 Å². The number of carboxylic acid groups (broad SMARTS) is 1. The van der Waals surface area contributed by atoms with E-state index in [0.29, 0.717) is 23.2 Å². The molecule has 0 heterocycles. The minimum atomic E-state index is -0.846. The van der Waals surface area contributed by atoms with Crippen LogP contribution in [0.4, 0.5) is 0 Å². The maximum Gasteiger partial charge on any atom is 0.303 e. The molecule has 0 radical (unpaired) electrons. The molecule has 0 aromatic carbocycles. The van der Waals surface area contributed by atoms with Crippen molar-refractivity contribution in [2.24, 2.45) is 0 Å². The van der Waals surface area contributed by atoms with E-state index in [1.165, 1.54) is 0 Å². The van der Waals surface area contributed by atoms with Gasteiger partial charge in [0.2, 0.25) is 0 Å². The zero-order valence-electron chi connectivity index (χ0n) is 10.9. The lowest BCUT2D eigenvalue weighted by Gasteiger charge is -2.20. The topological polar surface area (TPSA) is 109 Å². The van der Waals surface area contributed by atoms with Crippen LogP contribution in [0.15, 0.2) is 0 Å². The fourth-order valence-electron chi connectivity index (χ4n) is 1.07. The van der Waals surface area contributed by atoms with E-state index < -0.39 is 5.97 Å². The van der Waals surface area contributed by atoms with Crippen LogP contribution in [0.5, 0.6) is 0 Å². The van der Waals surface area contributed by atoms with Crippen molar-refractivity contribution in [2.45, 2.75) is 18.9 Å². The fourth-order valence-corrected chi connectivity index (χ4v) is 1.20. The number of nitrogens with one attached hydrogen (secondary N) is 6. The van der Waals surface area contributed by atoms with Crippen LogP contribution in [-0.2, 0) is 4.79 Å². The molecule has 0 aliphatic heterocycles. The molecule has 0 aromatic heterocycles. The molecule has 8 nitrogen and oxygen atoms in total. The third-order valence-corrected chi connectivity index (χ3v) is 2.71. The Morgan fingerprint density at radius 1 is 1.16 bits per heavy atom. The number of carboxylic acids is 1. The summed E-state index contributed by atoms with van der Waals surface area (Å²) in [6.07, 6.45) is 0.499. The average molecular weight is 308 g/mol. The Hall–Kier alpha value is -1.23. The summed E-state index contributed by atoms with van der Waals surface area (Å²) in [5.74, 6) is -0.846. The minimum Gasteiger partial charge on any atom is -0.481 e. The Balaban J connectivity index is 4.05. The second-order valence-electron chi connectivity index (χ2n) is 3.56. The molecule has 7 N–H and O–H groups in total. The molecule has 10 heteroatoms. The second kappa shape index (κ2) is 10.7. The van der Waals surface area contributed by atoms with Crippen molar-refractivity contribution in [3.8, 4) is 0 Å². The number of carbonyl (C=O) groups is 1. The van der Waals surface area contributed by atoms with Crippen LogP contribution in [0.3, 0.4) is 0 Å². The van der Waals surface area contributed by atoms with Crippen LogP contribution < -0.4 is 32.3 Å². The largest absolute Gasteiger partial charge is 0.481 e. The van der Waals surface area contributed by atoms with Gasteiger partial charge in [-0.1, -0.05) is 0 Å². The summed E-state index contributed by atoms with van der Waals surface area (Å²) in [7, 11) is 3.39. The third kappa shape index (κ3) is 10.4. The van der Waals surface area contributed by atoms with Crippen molar-refractivity contribution in [1.29, 1.82) is 0 Å². The maximum absolute atomic E-state index is 10.6. The van der Waals surface area contributed by atoms with E-state index in [4.69, 9.17) is 29.5 Å². The molecule has 0 bridgehead atoms. The van der Waals surface area contributed by atoms with Gasteiger partial charge in [0.25, 0.3) is 0 Å². The van der Waals surface area contributed by atoms with Crippen molar-refractivity contribution in [3.63, 3.8) is 0 Å². The summed E-state index contributed by atoms with van der Waals surface area (Å²) in [6, 6.07) is -0.130. The number of rotatable bonds is 8. The first kappa shape index (κ1) is 17.8. The summed E-state index contributed by atoms with van der Waals surface area (Å²) in [6.45, 7) is 0.467. The van der Waals surface area contributed by atoms with E-state index in [9.17, 15) is 4.79 Å². The Morgan fingerprint density at radius 2 is 1.74 bits per heavy atom. The Labute approximate surface area is 123 Å². The van der Waals surface area contributed by atoms with Crippen LogP contribution >= 0.6 is 24.4 Å². The maximum atomic E-state index is 10.6. The Morgan fingerprint density at radius 3 is 2.26 bits per heavy atom. The molecule has 0 amide bonds. The van der Waals surface area contributed by atoms with Crippen LogP contribution in [-0.4, -0.2) is 48.0 Å². The van der Waals surface area contributed by atoms with Gasteiger partial charge >= 0.3 is 5.97 Å². The quantitative estimate of drug-likeness (QED) is 0.210. The highest BCUT2D eigenvalue weighted by molar-refractivity contribution is 7.80. The molecular weight excluding hydrogens is 288 g/mol. The molecule has 0 saturated carbocycles. The van der Waals surface area contributed by atoms with Crippen molar-refractivity contribution in [2.75, 3.05) is 20.6 Å². The molecule has 1 unspecified atom stereocenters. The first-order valence-corrected chi connectivity index (χ1v) is 6.46. The van der Waals surface area contributed by atoms with Gasteiger partial charge in [0.05, 0.1) is 0 Å². The normalized spacial score (nSPS) is 11.3. The van der Waals surface area contributed by atoms with E-state index in [0.717, 1.165) is 0 Å². The number of hydrogen-bond donors (Lipinski definition) is 7. The highest BCUT2D eigenvalue weighted by Crippen LogP contribution is 1.95. The minimum absolute atomic E-state index is 0.0593. The van der Waals surface area contributed by atoms with Gasteiger partial charge < -0.3 is 15.7 Å². The van der Waals surface area contributed by atoms with E-state index in [1.54, 1.807) is 14.1 Å². The van der Waals surface area contributed by atoms with E-state index in [2.05, 4.69) is 32.3 Å². The first-order chi connectivity index (χ1) is 8.99. The lowest BCUT2D eigenvalue weighted by atomic mass is 10.1. The summed E-state index contributed by atoms with van der Waals surface area (Å²) in [5, 5.41) is 15.1. The van der Waals surface area contributed by atoms with Gasteiger partial charge in [-0.2, -0.15) is 0 Å².